The van der Waals surface area contributed by atoms with Gasteiger partial charge in [-0.25, -0.2) is 13.6 Å². The third-order valence-electron chi connectivity index (χ3n) is 3.32. The first-order valence-electron chi connectivity index (χ1n) is 6.93. The van der Waals surface area contributed by atoms with E-state index in [0.717, 1.165) is 12.8 Å². The second-order valence-corrected chi connectivity index (χ2v) is 6.50. The Morgan fingerprint density at radius 1 is 1.30 bits per heavy atom. The quantitative estimate of drug-likeness (QED) is 0.721. The van der Waals surface area contributed by atoms with Crippen molar-refractivity contribution < 1.29 is 13.2 Å². The molecule has 0 bridgehead atoms. The first kappa shape index (κ1) is 16.8. The number of nitrogens with two attached hydrogens (primary N) is 2. The zero-order valence-corrected chi connectivity index (χ0v) is 12.9. The molecule has 1 aromatic rings. The third-order valence-corrected chi connectivity index (χ3v) is 4.30. The van der Waals surface area contributed by atoms with Crippen molar-refractivity contribution in [3.63, 3.8) is 0 Å². The number of hydrogen-bond donors (Lipinski definition) is 2. The maximum Gasteiger partial charge on any atom is 0.240 e. The van der Waals surface area contributed by atoms with Crippen LogP contribution in [0, 0.1) is 5.92 Å². The molecule has 1 unspecified atom stereocenters. The molecule has 6 heteroatoms. The average Bonchev–Trinajstić information content (AvgIpc) is 2.37. The molecule has 114 valence electrons. The molecule has 1 atom stereocenters. The zero-order valence-electron chi connectivity index (χ0n) is 12.1. The first-order chi connectivity index (χ1) is 9.38. The summed E-state index contributed by atoms with van der Waals surface area (Å²) in [6, 6.07) is 4.47. The highest BCUT2D eigenvalue weighted by Crippen LogP contribution is 2.24. The van der Waals surface area contributed by atoms with E-state index in [2.05, 4.69) is 13.8 Å². The van der Waals surface area contributed by atoms with E-state index in [4.69, 9.17) is 15.6 Å². The molecule has 0 heterocycles. The van der Waals surface area contributed by atoms with Crippen LogP contribution in [0.4, 0.5) is 5.69 Å². The molecule has 5 nitrogen and oxygen atoms in total. The Morgan fingerprint density at radius 2 is 2.00 bits per heavy atom. The molecule has 0 spiro atoms. The number of anilines is 1. The summed E-state index contributed by atoms with van der Waals surface area (Å²) >= 11 is 0. The number of benzene rings is 1. The summed E-state index contributed by atoms with van der Waals surface area (Å²) in [4.78, 5) is -0.0668. The molecule has 0 amide bonds. The van der Waals surface area contributed by atoms with Crippen molar-refractivity contribution in [2.45, 2.75) is 44.4 Å². The van der Waals surface area contributed by atoms with Crippen LogP contribution in [-0.2, 0) is 10.0 Å². The lowest BCUT2D eigenvalue weighted by Crippen LogP contribution is -2.15. The van der Waals surface area contributed by atoms with Crippen LogP contribution < -0.4 is 15.6 Å². The number of unbranched alkanes of at least 4 members (excludes halogenated alkanes) is 1. The minimum Gasteiger partial charge on any atom is -0.493 e. The second-order valence-electron chi connectivity index (χ2n) is 4.97. The SMILES string of the molecule is CCCCC(CC)COc1ccc(S(N)(=O)=O)c(N)c1. The highest BCUT2D eigenvalue weighted by molar-refractivity contribution is 7.89. The van der Waals surface area contributed by atoms with Gasteiger partial charge in [-0.1, -0.05) is 33.1 Å². The molecule has 0 aliphatic heterocycles. The largest absolute Gasteiger partial charge is 0.493 e. The Morgan fingerprint density at radius 3 is 2.50 bits per heavy atom. The summed E-state index contributed by atoms with van der Waals surface area (Å²) in [5.41, 5.74) is 5.80. The van der Waals surface area contributed by atoms with Crippen molar-refractivity contribution in [3.8, 4) is 5.75 Å². The standard InChI is InChI=1S/C14H24N2O3S/c1-3-5-6-11(4-2)10-19-12-7-8-14(13(15)9-12)20(16,17)18/h7-9,11H,3-6,10,15H2,1-2H3,(H2,16,17,18). The maximum absolute atomic E-state index is 11.3. The van der Waals surface area contributed by atoms with E-state index in [1.165, 1.54) is 25.0 Å². The van der Waals surface area contributed by atoms with Crippen LogP contribution in [0.15, 0.2) is 23.1 Å². The molecular weight excluding hydrogens is 276 g/mol. The van der Waals surface area contributed by atoms with Crippen molar-refractivity contribution >= 4 is 15.7 Å². The lowest BCUT2D eigenvalue weighted by Gasteiger charge is -2.16. The van der Waals surface area contributed by atoms with E-state index in [1.807, 2.05) is 0 Å². The molecule has 1 rings (SSSR count). The van der Waals surface area contributed by atoms with Gasteiger partial charge in [-0.3, -0.25) is 0 Å². The molecule has 0 aromatic heterocycles. The number of sulfonamides is 1. The fourth-order valence-electron chi connectivity index (χ4n) is 1.99. The topological polar surface area (TPSA) is 95.4 Å². The summed E-state index contributed by atoms with van der Waals surface area (Å²) in [6.45, 7) is 4.92. The second kappa shape index (κ2) is 7.50. The summed E-state index contributed by atoms with van der Waals surface area (Å²) < 4.78 is 28.2. The van der Waals surface area contributed by atoms with Crippen molar-refractivity contribution in [3.05, 3.63) is 18.2 Å². The predicted octanol–water partition coefficient (Wildman–Crippen LogP) is 2.51. The van der Waals surface area contributed by atoms with Gasteiger partial charge in [-0.15, -0.1) is 0 Å². The van der Waals surface area contributed by atoms with Gasteiger partial charge in [0, 0.05) is 6.07 Å². The Balaban J connectivity index is 2.68. The molecule has 4 N–H and O–H groups in total. The molecular formula is C14H24N2O3S. The maximum atomic E-state index is 11.3. The van der Waals surface area contributed by atoms with Crippen molar-refractivity contribution in [1.29, 1.82) is 0 Å². The van der Waals surface area contributed by atoms with Gasteiger partial charge in [-0.05, 0) is 24.5 Å². The van der Waals surface area contributed by atoms with E-state index in [9.17, 15) is 8.42 Å². The molecule has 0 fully saturated rings. The number of hydrogen-bond acceptors (Lipinski definition) is 4. The molecule has 0 radical (unpaired) electrons. The van der Waals surface area contributed by atoms with Crippen LogP contribution in [0.2, 0.25) is 0 Å². The zero-order chi connectivity index (χ0) is 15.2. The molecule has 0 aliphatic rings. The minimum absolute atomic E-state index is 0.0668. The van der Waals surface area contributed by atoms with Crippen molar-refractivity contribution in [2.75, 3.05) is 12.3 Å². The van der Waals surface area contributed by atoms with Crippen molar-refractivity contribution in [1.82, 2.24) is 0 Å². The minimum atomic E-state index is -3.78. The highest BCUT2D eigenvalue weighted by Gasteiger charge is 2.13. The van der Waals surface area contributed by atoms with E-state index in [-0.39, 0.29) is 10.6 Å². The summed E-state index contributed by atoms with van der Waals surface area (Å²) in [5, 5.41) is 5.06. The van der Waals surface area contributed by atoms with Crippen molar-refractivity contribution in [2.24, 2.45) is 11.1 Å². The lowest BCUT2D eigenvalue weighted by molar-refractivity contribution is 0.233. The predicted molar refractivity (Wildman–Crippen MR) is 81.0 cm³/mol. The average molecular weight is 300 g/mol. The Bertz CT molecular complexity index is 529. The molecule has 0 aliphatic carbocycles. The number of rotatable bonds is 8. The molecule has 0 saturated heterocycles. The van der Waals surface area contributed by atoms with Crippen LogP contribution >= 0.6 is 0 Å². The van der Waals surface area contributed by atoms with Crippen LogP contribution in [0.25, 0.3) is 0 Å². The Kier molecular flexibility index (Phi) is 6.29. The van der Waals surface area contributed by atoms with E-state index >= 15 is 0 Å². The Labute approximate surface area is 121 Å². The molecule has 0 saturated carbocycles. The van der Waals surface area contributed by atoms with E-state index in [1.54, 1.807) is 6.07 Å². The highest BCUT2D eigenvalue weighted by atomic mass is 32.2. The normalized spacial score (nSPS) is 13.2. The van der Waals surface area contributed by atoms with Gasteiger partial charge in [0.25, 0.3) is 0 Å². The third kappa shape index (κ3) is 5.02. The van der Waals surface area contributed by atoms with E-state index < -0.39 is 10.0 Å². The summed E-state index contributed by atoms with van der Waals surface area (Å²) in [5.74, 6) is 1.08. The molecule has 20 heavy (non-hydrogen) atoms. The first-order valence-corrected chi connectivity index (χ1v) is 8.48. The van der Waals surface area contributed by atoms with Gasteiger partial charge in [0.1, 0.15) is 10.6 Å². The van der Waals surface area contributed by atoms with Gasteiger partial charge < -0.3 is 10.5 Å². The van der Waals surface area contributed by atoms with Gasteiger partial charge in [0.15, 0.2) is 0 Å². The smallest absolute Gasteiger partial charge is 0.240 e. The van der Waals surface area contributed by atoms with E-state index in [0.29, 0.717) is 18.3 Å². The van der Waals surface area contributed by atoms with Gasteiger partial charge >= 0.3 is 0 Å². The van der Waals surface area contributed by atoms with Gasteiger partial charge in [0.05, 0.1) is 12.3 Å². The van der Waals surface area contributed by atoms with Gasteiger partial charge in [0.2, 0.25) is 10.0 Å². The summed E-state index contributed by atoms with van der Waals surface area (Å²) in [6.07, 6.45) is 4.56. The Hall–Kier alpha value is -1.27. The molecule has 1 aromatic carbocycles. The monoisotopic (exact) mass is 300 g/mol. The van der Waals surface area contributed by atoms with Crippen LogP contribution in [-0.4, -0.2) is 15.0 Å². The van der Waals surface area contributed by atoms with Crippen LogP contribution in [0.5, 0.6) is 5.75 Å². The van der Waals surface area contributed by atoms with Crippen LogP contribution in [0.1, 0.15) is 39.5 Å². The van der Waals surface area contributed by atoms with Gasteiger partial charge in [-0.2, -0.15) is 0 Å². The number of primary sulfonamides is 1. The fraction of sp³-hybridized carbons (Fsp3) is 0.571. The number of nitrogen functional groups attached to an aromatic ring is 1. The fourth-order valence-corrected chi connectivity index (χ4v) is 2.63. The van der Waals surface area contributed by atoms with Crippen LogP contribution in [0.3, 0.4) is 0 Å². The summed E-state index contributed by atoms with van der Waals surface area (Å²) in [7, 11) is -3.78. The lowest BCUT2D eigenvalue weighted by atomic mass is 10.0. The number of ether oxygens (including phenoxy) is 1.